The lowest BCUT2D eigenvalue weighted by atomic mass is 9.91. The van der Waals surface area contributed by atoms with Crippen LogP contribution >= 0.6 is 0 Å². The first-order valence-electron chi connectivity index (χ1n) is 7.25. The van der Waals surface area contributed by atoms with E-state index in [2.05, 4.69) is 37.1 Å². The van der Waals surface area contributed by atoms with Crippen LogP contribution in [0.3, 0.4) is 0 Å². The number of nitrogens with one attached hydrogen (secondary N) is 1. The Morgan fingerprint density at radius 2 is 2.11 bits per heavy atom. The average Bonchev–Trinajstić information content (AvgIpc) is 2.54. The molecule has 2 rings (SSSR count). The summed E-state index contributed by atoms with van der Waals surface area (Å²) >= 11 is 0. The second-order valence-corrected chi connectivity index (χ2v) is 6.82. The van der Waals surface area contributed by atoms with E-state index in [1.165, 1.54) is 12.8 Å². The van der Waals surface area contributed by atoms with Gasteiger partial charge in [0.05, 0.1) is 11.8 Å². The molecule has 2 atom stereocenters. The zero-order valence-corrected chi connectivity index (χ0v) is 12.7. The first-order chi connectivity index (χ1) is 8.87. The van der Waals surface area contributed by atoms with Gasteiger partial charge >= 0.3 is 0 Å². The summed E-state index contributed by atoms with van der Waals surface area (Å²) in [7, 11) is 0. The zero-order chi connectivity index (χ0) is 14.0. The highest BCUT2D eigenvalue weighted by Crippen LogP contribution is 2.42. The number of pyridine rings is 1. The molecule has 3 heteroatoms. The van der Waals surface area contributed by atoms with E-state index in [-0.39, 0.29) is 6.10 Å². The molecule has 0 amide bonds. The minimum Gasteiger partial charge on any atom is -0.473 e. The van der Waals surface area contributed by atoms with Crippen LogP contribution in [0.15, 0.2) is 18.3 Å². The predicted octanol–water partition coefficient (Wildman–Crippen LogP) is 4.11. The third kappa shape index (κ3) is 3.62. The Morgan fingerprint density at radius 3 is 2.68 bits per heavy atom. The summed E-state index contributed by atoms with van der Waals surface area (Å²) in [6.45, 7) is 11.1. The van der Waals surface area contributed by atoms with Crippen LogP contribution in [0, 0.1) is 11.3 Å². The Hall–Kier alpha value is -1.25. The van der Waals surface area contributed by atoms with Crippen molar-refractivity contribution in [3.05, 3.63) is 18.3 Å². The maximum Gasteiger partial charge on any atom is 0.237 e. The van der Waals surface area contributed by atoms with Gasteiger partial charge in [-0.25, -0.2) is 4.98 Å². The lowest BCUT2D eigenvalue weighted by Crippen LogP contribution is -2.23. The van der Waals surface area contributed by atoms with E-state index in [0.717, 1.165) is 11.6 Å². The SMILES string of the molecule is CC(C)Oc1ncccc1NC1CC(C)(C)CC1C. The summed E-state index contributed by atoms with van der Waals surface area (Å²) in [6, 6.07) is 4.52. The molecule has 1 N–H and O–H groups in total. The number of hydrogen-bond donors (Lipinski definition) is 1. The molecule has 0 radical (unpaired) electrons. The van der Waals surface area contributed by atoms with E-state index < -0.39 is 0 Å². The molecule has 2 unspecified atom stereocenters. The molecule has 1 fully saturated rings. The van der Waals surface area contributed by atoms with Gasteiger partial charge in [0.15, 0.2) is 0 Å². The van der Waals surface area contributed by atoms with Gasteiger partial charge in [-0.05, 0) is 50.2 Å². The van der Waals surface area contributed by atoms with Gasteiger partial charge in [0.25, 0.3) is 0 Å². The van der Waals surface area contributed by atoms with E-state index >= 15 is 0 Å². The summed E-state index contributed by atoms with van der Waals surface area (Å²) < 4.78 is 5.77. The van der Waals surface area contributed by atoms with Gasteiger partial charge < -0.3 is 10.1 Å². The van der Waals surface area contributed by atoms with Crippen LogP contribution in [0.4, 0.5) is 5.69 Å². The Balaban J connectivity index is 2.11. The van der Waals surface area contributed by atoms with Crippen LogP contribution in [0.1, 0.15) is 47.5 Å². The zero-order valence-electron chi connectivity index (χ0n) is 12.7. The Labute approximate surface area is 116 Å². The quantitative estimate of drug-likeness (QED) is 0.886. The van der Waals surface area contributed by atoms with Crippen LogP contribution in [0.5, 0.6) is 5.88 Å². The molecule has 1 aromatic rings. The van der Waals surface area contributed by atoms with Crippen LogP contribution in [0.25, 0.3) is 0 Å². The van der Waals surface area contributed by atoms with E-state index in [1.807, 2.05) is 19.9 Å². The van der Waals surface area contributed by atoms with Crippen molar-refractivity contribution < 1.29 is 4.74 Å². The largest absolute Gasteiger partial charge is 0.473 e. The number of rotatable bonds is 4. The van der Waals surface area contributed by atoms with Crippen molar-refractivity contribution in [1.29, 1.82) is 0 Å². The van der Waals surface area contributed by atoms with Gasteiger partial charge in [-0.1, -0.05) is 20.8 Å². The molecule has 0 spiro atoms. The van der Waals surface area contributed by atoms with Crippen molar-refractivity contribution in [2.75, 3.05) is 5.32 Å². The molecular weight excluding hydrogens is 236 g/mol. The van der Waals surface area contributed by atoms with E-state index in [4.69, 9.17) is 4.74 Å². The molecule has 1 saturated carbocycles. The van der Waals surface area contributed by atoms with Crippen LogP contribution in [-0.4, -0.2) is 17.1 Å². The number of anilines is 1. The molecule has 19 heavy (non-hydrogen) atoms. The Morgan fingerprint density at radius 1 is 1.37 bits per heavy atom. The van der Waals surface area contributed by atoms with Crippen molar-refractivity contribution >= 4 is 5.69 Å². The second kappa shape index (κ2) is 5.40. The lowest BCUT2D eigenvalue weighted by molar-refractivity contribution is 0.233. The summed E-state index contributed by atoms with van der Waals surface area (Å²) in [6.07, 6.45) is 4.40. The van der Waals surface area contributed by atoms with Gasteiger partial charge in [-0.3, -0.25) is 0 Å². The van der Waals surface area contributed by atoms with Gasteiger partial charge in [0.1, 0.15) is 0 Å². The van der Waals surface area contributed by atoms with Crippen molar-refractivity contribution in [1.82, 2.24) is 4.98 Å². The standard InChI is InChI=1S/C16H26N2O/c1-11(2)19-15-13(7-6-8-17-15)18-14-10-16(4,5)9-12(14)3/h6-8,11-12,14,18H,9-10H2,1-5H3. The summed E-state index contributed by atoms with van der Waals surface area (Å²) in [5.74, 6) is 1.40. The minimum atomic E-state index is 0.146. The topological polar surface area (TPSA) is 34.1 Å². The van der Waals surface area contributed by atoms with Crippen LogP contribution < -0.4 is 10.1 Å². The maximum absolute atomic E-state index is 5.77. The third-order valence-corrected chi connectivity index (χ3v) is 3.79. The smallest absolute Gasteiger partial charge is 0.237 e. The van der Waals surface area contributed by atoms with E-state index in [9.17, 15) is 0 Å². The highest BCUT2D eigenvalue weighted by molar-refractivity contribution is 5.53. The monoisotopic (exact) mass is 262 g/mol. The molecule has 0 bridgehead atoms. The molecule has 1 aliphatic carbocycles. The Kier molecular flexibility index (Phi) is 4.02. The molecule has 1 heterocycles. The molecule has 106 valence electrons. The van der Waals surface area contributed by atoms with Gasteiger partial charge in [0.2, 0.25) is 5.88 Å². The maximum atomic E-state index is 5.77. The minimum absolute atomic E-state index is 0.146. The van der Waals surface area contributed by atoms with Crippen LogP contribution in [-0.2, 0) is 0 Å². The van der Waals surface area contributed by atoms with Gasteiger partial charge in [-0.15, -0.1) is 0 Å². The fourth-order valence-electron chi connectivity index (χ4n) is 3.10. The average molecular weight is 262 g/mol. The number of nitrogens with zero attached hydrogens (tertiary/aromatic N) is 1. The molecule has 0 aliphatic heterocycles. The lowest BCUT2D eigenvalue weighted by Gasteiger charge is -2.21. The van der Waals surface area contributed by atoms with Gasteiger partial charge in [-0.2, -0.15) is 0 Å². The van der Waals surface area contributed by atoms with Gasteiger partial charge in [0, 0.05) is 12.2 Å². The molecular formula is C16H26N2O. The summed E-state index contributed by atoms with van der Waals surface area (Å²) in [4.78, 5) is 4.34. The van der Waals surface area contributed by atoms with E-state index in [1.54, 1.807) is 6.20 Å². The first kappa shape index (κ1) is 14.2. The normalized spacial score (nSPS) is 25.6. The second-order valence-electron chi connectivity index (χ2n) is 6.82. The molecule has 0 aromatic carbocycles. The molecule has 1 aliphatic rings. The highest BCUT2D eigenvalue weighted by atomic mass is 16.5. The van der Waals surface area contributed by atoms with E-state index in [0.29, 0.717) is 17.4 Å². The van der Waals surface area contributed by atoms with Crippen molar-refractivity contribution in [3.8, 4) is 5.88 Å². The van der Waals surface area contributed by atoms with Crippen LogP contribution in [0.2, 0.25) is 0 Å². The number of hydrogen-bond acceptors (Lipinski definition) is 3. The Bertz CT molecular complexity index is 429. The molecule has 3 nitrogen and oxygen atoms in total. The number of ether oxygens (including phenoxy) is 1. The first-order valence-corrected chi connectivity index (χ1v) is 7.25. The van der Waals surface area contributed by atoms with Crippen molar-refractivity contribution in [3.63, 3.8) is 0 Å². The van der Waals surface area contributed by atoms with Crippen molar-refractivity contribution in [2.24, 2.45) is 11.3 Å². The molecule has 0 saturated heterocycles. The van der Waals surface area contributed by atoms with Crippen molar-refractivity contribution in [2.45, 2.75) is 59.6 Å². The fraction of sp³-hybridized carbons (Fsp3) is 0.688. The molecule has 1 aromatic heterocycles. The third-order valence-electron chi connectivity index (χ3n) is 3.79. The highest BCUT2D eigenvalue weighted by Gasteiger charge is 2.36. The predicted molar refractivity (Wildman–Crippen MR) is 79.6 cm³/mol. The summed E-state index contributed by atoms with van der Waals surface area (Å²) in [5.41, 5.74) is 1.45. The summed E-state index contributed by atoms with van der Waals surface area (Å²) in [5, 5.41) is 3.63. The number of aromatic nitrogens is 1. The fourth-order valence-corrected chi connectivity index (χ4v) is 3.10.